The van der Waals surface area contributed by atoms with Crippen LogP contribution < -0.4 is 5.56 Å². The Morgan fingerprint density at radius 2 is 1.90 bits per heavy atom. The molecule has 3 aliphatic heterocycles. The number of aromatic amines is 1. The molecule has 2 bridgehead atoms. The summed E-state index contributed by atoms with van der Waals surface area (Å²) >= 11 is 0. The van der Waals surface area contributed by atoms with Gasteiger partial charge in [0.15, 0.2) is 0 Å². The van der Waals surface area contributed by atoms with Crippen molar-refractivity contribution >= 4 is 5.91 Å². The second kappa shape index (κ2) is 7.08. The Hall–Kier alpha value is -2.41. The lowest BCUT2D eigenvalue weighted by Crippen LogP contribution is -2.53. The number of piperidine rings is 1. The molecule has 0 radical (unpaired) electrons. The third kappa shape index (κ3) is 2.94. The number of pyridine rings is 1. The molecular formula is C23H29N5O2. The molecule has 0 spiro atoms. The first-order valence-electron chi connectivity index (χ1n) is 11.4. The highest BCUT2D eigenvalue weighted by atomic mass is 16.2. The van der Waals surface area contributed by atoms with Gasteiger partial charge in [0.05, 0.1) is 0 Å². The first-order chi connectivity index (χ1) is 14.7. The minimum atomic E-state index is -0.367. The number of likely N-dealkylation sites (tertiary alicyclic amines) is 2. The molecule has 30 heavy (non-hydrogen) atoms. The number of H-pyrrole nitrogens is 1. The van der Waals surface area contributed by atoms with Crippen molar-refractivity contribution in [2.24, 2.45) is 17.8 Å². The first-order valence-corrected chi connectivity index (χ1v) is 11.4. The molecule has 3 fully saturated rings. The van der Waals surface area contributed by atoms with Crippen LogP contribution >= 0.6 is 0 Å². The molecule has 1 aliphatic carbocycles. The Labute approximate surface area is 176 Å². The largest absolute Gasteiger partial charge is 0.340 e. The lowest BCUT2D eigenvalue weighted by Gasteiger charge is -2.47. The number of hydrogen-bond acceptors (Lipinski definition) is 4. The molecule has 0 unspecified atom stereocenters. The maximum absolute atomic E-state index is 13.8. The fourth-order valence-electron chi connectivity index (χ4n) is 6.69. The molecular weight excluding hydrogens is 378 g/mol. The van der Waals surface area contributed by atoms with E-state index in [1.165, 1.54) is 19.3 Å². The van der Waals surface area contributed by atoms with Crippen molar-refractivity contribution < 1.29 is 4.79 Å². The number of rotatable bonds is 3. The number of carbonyl (C=O) groups is 1. The molecule has 2 aromatic heterocycles. The topological polar surface area (TPSA) is 74.2 Å². The minimum Gasteiger partial charge on any atom is -0.340 e. The predicted octanol–water partition coefficient (Wildman–Crippen LogP) is 1.99. The zero-order valence-electron chi connectivity index (χ0n) is 17.2. The first kappa shape index (κ1) is 18.4. The van der Waals surface area contributed by atoms with Crippen molar-refractivity contribution in [1.82, 2.24) is 24.6 Å². The SMILES string of the molecule is O=C([C@H]1[C@@H]2C[C@@H](CN(Cc3ccn[nH]3)C2)c2cccc(=O)n21)N1C[C@H]2CCC[C@H]2C1. The van der Waals surface area contributed by atoms with Crippen LogP contribution in [0.5, 0.6) is 0 Å². The highest BCUT2D eigenvalue weighted by molar-refractivity contribution is 5.81. The van der Waals surface area contributed by atoms with Gasteiger partial charge in [0, 0.05) is 68.2 Å². The molecule has 2 saturated heterocycles. The Bertz CT molecular complexity index is 987. The van der Waals surface area contributed by atoms with Gasteiger partial charge in [0.25, 0.3) is 5.56 Å². The standard InChI is InChI=1S/C23H29N5O2/c29-21-6-2-5-20-17-9-18(11-26(10-17)14-19-7-8-24-25-19)22(28(20)21)23(30)27-12-15-3-1-4-16(15)13-27/h2,5-8,15-18,22H,1,3-4,9-14H2,(H,24,25)/t15-,16+,17-,18+,22+/m0/s1. The fourth-order valence-corrected chi connectivity index (χ4v) is 6.69. The summed E-state index contributed by atoms with van der Waals surface area (Å²) in [6.45, 7) is 4.32. The zero-order valence-corrected chi connectivity index (χ0v) is 17.2. The van der Waals surface area contributed by atoms with Gasteiger partial charge in [0.1, 0.15) is 6.04 Å². The maximum atomic E-state index is 13.8. The highest BCUT2D eigenvalue weighted by Crippen LogP contribution is 2.44. The van der Waals surface area contributed by atoms with E-state index in [0.29, 0.717) is 17.8 Å². The van der Waals surface area contributed by atoms with Gasteiger partial charge in [-0.2, -0.15) is 5.10 Å². The molecule has 2 aromatic rings. The molecule has 1 N–H and O–H groups in total. The molecule has 4 aliphatic rings. The number of aromatic nitrogens is 3. The molecule has 1 amide bonds. The fraction of sp³-hybridized carbons (Fsp3) is 0.609. The van der Waals surface area contributed by atoms with E-state index in [0.717, 1.165) is 50.5 Å². The van der Waals surface area contributed by atoms with Gasteiger partial charge < -0.3 is 4.90 Å². The van der Waals surface area contributed by atoms with Gasteiger partial charge >= 0.3 is 0 Å². The van der Waals surface area contributed by atoms with E-state index in [4.69, 9.17) is 0 Å². The summed E-state index contributed by atoms with van der Waals surface area (Å²) in [5, 5.41) is 7.13. The number of carbonyl (C=O) groups excluding carboxylic acids is 1. The number of amides is 1. The van der Waals surface area contributed by atoms with Crippen molar-refractivity contribution in [3.63, 3.8) is 0 Å². The van der Waals surface area contributed by atoms with E-state index in [2.05, 4.69) is 26.1 Å². The highest BCUT2D eigenvalue weighted by Gasteiger charge is 2.47. The van der Waals surface area contributed by atoms with Gasteiger partial charge in [-0.25, -0.2) is 0 Å². The van der Waals surface area contributed by atoms with Crippen LogP contribution in [0.25, 0.3) is 0 Å². The summed E-state index contributed by atoms with van der Waals surface area (Å²) in [6, 6.07) is 7.17. The number of nitrogens with one attached hydrogen (secondary N) is 1. The van der Waals surface area contributed by atoms with E-state index < -0.39 is 0 Å². The van der Waals surface area contributed by atoms with Gasteiger partial charge in [-0.05, 0) is 43.2 Å². The van der Waals surface area contributed by atoms with Crippen LogP contribution in [0.15, 0.2) is 35.3 Å². The molecule has 5 heterocycles. The van der Waals surface area contributed by atoms with Crippen molar-refractivity contribution in [2.75, 3.05) is 26.2 Å². The van der Waals surface area contributed by atoms with Gasteiger partial charge in [-0.3, -0.25) is 24.2 Å². The molecule has 5 atom stereocenters. The lowest BCUT2D eigenvalue weighted by atomic mass is 9.78. The van der Waals surface area contributed by atoms with Crippen LogP contribution in [0, 0.1) is 17.8 Å². The second-order valence-electron chi connectivity index (χ2n) is 9.77. The number of nitrogens with zero attached hydrogens (tertiary/aromatic N) is 4. The average Bonchev–Trinajstić information content (AvgIpc) is 3.46. The normalized spacial score (nSPS) is 32.8. The Balaban J connectivity index is 1.33. The molecule has 1 saturated carbocycles. The van der Waals surface area contributed by atoms with Crippen molar-refractivity contribution in [1.29, 1.82) is 0 Å². The monoisotopic (exact) mass is 407 g/mol. The van der Waals surface area contributed by atoms with Gasteiger partial charge in [-0.15, -0.1) is 0 Å². The number of fused-ring (bicyclic) bond motifs is 5. The Morgan fingerprint density at radius 1 is 1.07 bits per heavy atom. The summed E-state index contributed by atoms with van der Waals surface area (Å²) in [7, 11) is 0. The molecule has 158 valence electrons. The van der Waals surface area contributed by atoms with Crippen LogP contribution in [-0.2, 0) is 11.3 Å². The van der Waals surface area contributed by atoms with E-state index in [9.17, 15) is 9.59 Å². The van der Waals surface area contributed by atoms with E-state index in [1.807, 2.05) is 16.7 Å². The molecule has 7 heteroatoms. The summed E-state index contributed by atoms with van der Waals surface area (Å²) < 4.78 is 1.85. The number of hydrogen-bond donors (Lipinski definition) is 1. The maximum Gasteiger partial charge on any atom is 0.251 e. The predicted molar refractivity (Wildman–Crippen MR) is 112 cm³/mol. The van der Waals surface area contributed by atoms with Crippen LogP contribution in [0.1, 0.15) is 49.0 Å². The third-order valence-corrected chi connectivity index (χ3v) is 7.97. The quantitative estimate of drug-likeness (QED) is 0.845. The lowest BCUT2D eigenvalue weighted by molar-refractivity contribution is -0.137. The van der Waals surface area contributed by atoms with Crippen molar-refractivity contribution in [3.05, 3.63) is 52.2 Å². The molecule has 0 aromatic carbocycles. The average molecular weight is 408 g/mol. The van der Waals surface area contributed by atoms with Gasteiger partial charge in [0.2, 0.25) is 5.91 Å². The van der Waals surface area contributed by atoms with Crippen LogP contribution in [-0.4, -0.2) is 56.7 Å². The summed E-state index contributed by atoms with van der Waals surface area (Å²) in [6.07, 6.45) is 6.57. The Morgan fingerprint density at radius 3 is 2.67 bits per heavy atom. The molecule has 7 nitrogen and oxygen atoms in total. The van der Waals surface area contributed by atoms with Crippen molar-refractivity contribution in [2.45, 2.75) is 44.2 Å². The van der Waals surface area contributed by atoms with E-state index >= 15 is 0 Å². The van der Waals surface area contributed by atoms with E-state index in [-0.39, 0.29) is 23.4 Å². The third-order valence-electron chi connectivity index (χ3n) is 7.97. The van der Waals surface area contributed by atoms with Crippen molar-refractivity contribution in [3.8, 4) is 0 Å². The minimum absolute atomic E-state index is 0.0260. The van der Waals surface area contributed by atoms with Crippen LogP contribution in [0.4, 0.5) is 0 Å². The Kier molecular flexibility index (Phi) is 4.33. The van der Waals surface area contributed by atoms with Crippen LogP contribution in [0.2, 0.25) is 0 Å². The summed E-state index contributed by atoms with van der Waals surface area (Å²) in [5.74, 6) is 1.97. The van der Waals surface area contributed by atoms with Crippen LogP contribution in [0.3, 0.4) is 0 Å². The zero-order chi connectivity index (χ0) is 20.2. The summed E-state index contributed by atoms with van der Waals surface area (Å²) in [4.78, 5) is 31.2. The van der Waals surface area contributed by atoms with E-state index in [1.54, 1.807) is 12.3 Å². The smallest absolute Gasteiger partial charge is 0.251 e. The molecule has 6 rings (SSSR count). The summed E-state index contributed by atoms with van der Waals surface area (Å²) in [5.41, 5.74) is 2.10. The van der Waals surface area contributed by atoms with Gasteiger partial charge in [-0.1, -0.05) is 12.5 Å². The second-order valence-corrected chi connectivity index (χ2v) is 9.77.